The van der Waals surface area contributed by atoms with E-state index in [0.717, 1.165) is 12.5 Å². The van der Waals surface area contributed by atoms with Crippen LogP contribution in [0.25, 0.3) is 0 Å². The molecule has 14 heavy (non-hydrogen) atoms. The third-order valence-corrected chi connectivity index (χ3v) is 4.17. The molecular weight excluding hydrogens is 174 g/mol. The third-order valence-electron chi connectivity index (χ3n) is 4.17. The van der Waals surface area contributed by atoms with Gasteiger partial charge in [0.1, 0.15) is 0 Å². The fourth-order valence-corrected chi connectivity index (χ4v) is 3.14. The Hall–Kier alpha value is -0.0800. The maximum absolute atomic E-state index is 5.50. The molecule has 0 aromatic heterocycles. The normalized spacial score (nSPS) is 41.6. The van der Waals surface area contributed by atoms with Crippen molar-refractivity contribution in [2.24, 2.45) is 11.3 Å². The third kappa shape index (κ3) is 1.96. The lowest BCUT2D eigenvalue weighted by Crippen LogP contribution is -2.26. The van der Waals surface area contributed by atoms with Gasteiger partial charge in [-0.25, -0.2) is 0 Å². The summed E-state index contributed by atoms with van der Waals surface area (Å²) < 4.78 is 5.50. The molecule has 0 amide bonds. The van der Waals surface area contributed by atoms with Gasteiger partial charge in [-0.1, -0.05) is 13.3 Å². The summed E-state index contributed by atoms with van der Waals surface area (Å²) in [6.45, 7) is 4.53. The maximum atomic E-state index is 5.50. The van der Waals surface area contributed by atoms with Gasteiger partial charge in [-0.3, -0.25) is 0 Å². The Balaban J connectivity index is 1.80. The van der Waals surface area contributed by atoms with Crippen LogP contribution in [-0.2, 0) is 4.74 Å². The summed E-state index contributed by atoms with van der Waals surface area (Å²) in [6, 6.07) is 0. The Morgan fingerprint density at radius 1 is 1.43 bits per heavy atom. The molecule has 0 heterocycles. The van der Waals surface area contributed by atoms with Crippen molar-refractivity contribution in [1.29, 1.82) is 0 Å². The van der Waals surface area contributed by atoms with Crippen LogP contribution in [0.15, 0.2) is 0 Å². The second-order valence-electron chi connectivity index (χ2n) is 5.03. The largest absolute Gasteiger partial charge is 0.381 e. The topological polar surface area (TPSA) is 21.3 Å². The second kappa shape index (κ2) is 4.19. The highest BCUT2D eigenvalue weighted by Crippen LogP contribution is 2.61. The van der Waals surface area contributed by atoms with Gasteiger partial charge < -0.3 is 10.1 Å². The fraction of sp³-hybridized carbons (Fsp3) is 1.00. The molecule has 2 heteroatoms. The number of hydrogen-bond donors (Lipinski definition) is 1. The van der Waals surface area contributed by atoms with Crippen LogP contribution in [0.4, 0.5) is 0 Å². The molecule has 1 spiro atoms. The molecule has 82 valence electrons. The van der Waals surface area contributed by atoms with Crippen molar-refractivity contribution >= 4 is 0 Å². The van der Waals surface area contributed by atoms with E-state index in [1.165, 1.54) is 38.6 Å². The van der Waals surface area contributed by atoms with Crippen LogP contribution < -0.4 is 5.32 Å². The Labute approximate surface area is 87.4 Å². The van der Waals surface area contributed by atoms with Gasteiger partial charge in [-0.15, -0.1) is 0 Å². The standard InChI is InChI=1S/C12H23NO/c1-3-13-9-10-7-12(10)6-4-5-11(8-12)14-2/h10-11,13H,3-9H2,1-2H3. The molecule has 0 saturated heterocycles. The molecule has 2 nitrogen and oxygen atoms in total. The molecule has 2 saturated carbocycles. The van der Waals surface area contributed by atoms with E-state index in [0.29, 0.717) is 11.5 Å². The van der Waals surface area contributed by atoms with E-state index in [-0.39, 0.29) is 0 Å². The van der Waals surface area contributed by atoms with Crippen LogP contribution in [-0.4, -0.2) is 26.3 Å². The Bertz CT molecular complexity index is 195. The van der Waals surface area contributed by atoms with Crippen LogP contribution in [0, 0.1) is 11.3 Å². The summed E-state index contributed by atoms with van der Waals surface area (Å²) in [4.78, 5) is 0. The molecule has 0 aliphatic heterocycles. The van der Waals surface area contributed by atoms with Gasteiger partial charge in [0.15, 0.2) is 0 Å². The maximum Gasteiger partial charge on any atom is 0.0576 e. The quantitative estimate of drug-likeness (QED) is 0.746. The molecule has 3 unspecified atom stereocenters. The molecular formula is C12H23NO. The molecule has 3 atom stereocenters. The first-order chi connectivity index (χ1) is 6.80. The summed E-state index contributed by atoms with van der Waals surface area (Å²) in [5, 5.41) is 3.47. The number of methoxy groups -OCH3 is 1. The first kappa shape index (κ1) is 10.4. The molecule has 2 fully saturated rings. The van der Waals surface area contributed by atoms with Gasteiger partial charge >= 0.3 is 0 Å². The number of ether oxygens (including phenoxy) is 1. The van der Waals surface area contributed by atoms with Gasteiger partial charge in [-0.05, 0) is 50.1 Å². The van der Waals surface area contributed by atoms with E-state index in [4.69, 9.17) is 4.74 Å². The number of nitrogens with one attached hydrogen (secondary N) is 1. The lowest BCUT2D eigenvalue weighted by Gasteiger charge is -2.29. The molecule has 2 aliphatic carbocycles. The molecule has 0 bridgehead atoms. The van der Waals surface area contributed by atoms with Gasteiger partial charge in [0.2, 0.25) is 0 Å². The minimum atomic E-state index is 0.551. The summed E-state index contributed by atoms with van der Waals surface area (Å²) in [6.07, 6.45) is 7.42. The minimum absolute atomic E-state index is 0.551. The molecule has 1 N–H and O–H groups in total. The van der Waals surface area contributed by atoms with Crippen molar-refractivity contribution in [3.05, 3.63) is 0 Å². The zero-order valence-electron chi connectivity index (χ0n) is 9.51. The zero-order valence-corrected chi connectivity index (χ0v) is 9.51. The van der Waals surface area contributed by atoms with Crippen LogP contribution in [0.2, 0.25) is 0 Å². The highest BCUT2D eigenvalue weighted by molar-refractivity contribution is 5.05. The van der Waals surface area contributed by atoms with Crippen molar-refractivity contribution in [3.63, 3.8) is 0 Å². The summed E-state index contributed by atoms with van der Waals surface area (Å²) in [5.74, 6) is 0.945. The van der Waals surface area contributed by atoms with Crippen molar-refractivity contribution in [2.75, 3.05) is 20.2 Å². The first-order valence-corrected chi connectivity index (χ1v) is 6.04. The second-order valence-corrected chi connectivity index (χ2v) is 5.03. The number of rotatable bonds is 4. The average Bonchev–Trinajstić information content (AvgIpc) is 2.88. The average molecular weight is 197 g/mol. The highest BCUT2D eigenvalue weighted by atomic mass is 16.5. The van der Waals surface area contributed by atoms with Crippen LogP contribution >= 0.6 is 0 Å². The Morgan fingerprint density at radius 3 is 3.00 bits per heavy atom. The summed E-state index contributed by atoms with van der Waals surface area (Å²) in [5.41, 5.74) is 0.682. The number of hydrogen-bond acceptors (Lipinski definition) is 2. The van der Waals surface area contributed by atoms with E-state index in [1.807, 2.05) is 7.11 Å². The lowest BCUT2D eigenvalue weighted by molar-refractivity contribution is 0.0404. The summed E-state index contributed by atoms with van der Waals surface area (Å²) in [7, 11) is 1.87. The fourth-order valence-electron chi connectivity index (χ4n) is 3.14. The smallest absolute Gasteiger partial charge is 0.0576 e. The van der Waals surface area contributed by atoms with Crippen molar-refractivity contribution in [3.8, 4) is 0 Å². The van der Waals surface area contributed by atoms with E-state index in [1.54, 1.807) is 0 Å². The molecule has 2 aliphatic rings. The van der Waals surface area contributed by atoms with E-state index in [2.05, 4.69) is 12.2 Å². The van der Waals surface area contributed by atoms with E-state index in [9.17, 15) is 0 Å². The van der Waals surface area contributed by atoms with Gasteiger partial charge in [0.25, 0.3) is 0 Å². The van der Waals surface area contributed by atoms with Crippen LogP contribution in [0.5, 0.6) is 0 Å². The Kier molecular flexibility index (Phi) is 3.13. The predicted molar refractivity (Wildman–Crippen MR) is 58.3 cm³/mol. The van der Waals surface area contributed by atoms with E-state index < -0.39 is 0 Å². The van der Waals surface area contributed by atoms with Crippen LogP contribution in [0.3, 0.4) is 0 Å². The van der Waals surface area contributed by atoms with Gasteiger partial charge in [-0.2, -0.15) is 0 Å². The van der Waals surface area contributed by atoms with E-state index >= 15 is 0 Å². The first-order valence-electron chi connectivity index (χ1n) is 6.04. The van der Waals surface area contributed by atoms with Crippen LogP contribution in [0.1, 0.15) is 39.0 Å². The SMILES string of the molecule is CCNCC1CC12CCCC(OC)C2. The van der Waals surface area contributed by atoms with Gasteiger partial charge in [0, 0.05) is 7.11 Å². The summed E-state index contributed by atoms with van der Waals surface area (Å²) >= 11 is 0. The monoisotopic (exact) mass is 197 g/mol. The van der Waals surface area contributed by atoms with Crippen molar-refractivity contribution in [1.82, 2.24) is 5.32 Å². The molecule has 0 radical (unpaired) electrons. The molecule has 2 rings (SSSR count). The predicted octanol–water partition coefficient (Wildman–Crippen LogP) is 2.19. The zero-order chi connectivity index (χ0) is 10.0. The molecule has 0 aromatic rings. The van der Waals surface area contributed by atoms with Crippen molar-refractivity contribution in [2.45, 2.75) is 45.1 Å². The molecule has 0 aromatic carbocycles. The Morgan fingerprint density at radius 2 is 2.29 bits per heavy atom. The van der Waals surface area contributed by atoms with Gasteiger partial charge in [0.05, 0.1) is 6.10 Å². The minimum Gasteiger partial charge on any atom is -0.381 e. The lowest BCUT2D eigenvalue weighted by atomic mass is 9.82. The highest BCUT2D eigenvalue weighted by Gasteiger charge is 2.54. The van der Waals surface area contributed by atoms with Crippen molar-refractivity contribution < 1.29 is 4.74 Å².